The van der Waals surface area contributed by atoms with E-state index in [0.29, 0.717) is 13.1 Å². The van der Waals surface area contributed by atoms with Gasteiger partial charge in [-0.2, -0.15) is 9.40 Å². The molecule has 0 bridgehead atoms. The smallest absolute Gasteiger partial charge is 0.236 e. The minimum atomic E-state index is -3.35. The fraction of sp³-hybridized carbons (Fsp3) is 0.500. The molecule has 1 aliphatic rings. The van der Waals surface area contributed by atoms with Gasteiger partial charge in [0, 0.05) is 12.0 Å². The Labute approximate surface area is 95.4 Å². The minimum absolute atomic E-state index is 0.182. The molecule has 2 rings (SSSR count). The number of hydrogen-bond donors (Lipinski definition) is 0. The van der Waals surface area contributed by atoms with Crippen LogP contribution < -0.4 is 0 Å². The highest BCUT2D eigenvalue weighted by molar-refractivity contribution is 7.92. The molecule has 1 aromatic heterocycles. The number of sulfonamides is 1. The van der Waals surface area contributed by atoms with Crippen LogP contribution >= 0.6 is 0 Å². The molecular weight excluding hydrogens is 226 g/mol. The zero-order valence-electron chi connectivity index (χ0n) is 9.42. The summed E-state index contributed by atoms with van der Waals surface area (Å²) in [5, 5.41) is 5.32. The molecule has 0 saturated carbocycles. The first-order chi connectivity index (χ1) is 7.45. The van der Waals surface area contributed by atoms with Gasteiger partial charge in [0.1, 0.15) is 0 Å². The summed E-state index contributed by atoms with van der Waals surface area (Å²) in [5.41, 5.74) is 1.86. The van der Waals surface area contributed by atoms with Gasteiger partial charge in [-0.25, -0.2) is 8.42 Å². The lowest BCUT2D eigenvalue weighted by atomic mass is 10.2. The SMILES string of the molecule is C=CS(=O)(=O)N1CCn2nc(C)cc2C1C. The van der Waals surface area contributed by atoms with E-state index in [1.807, 2.05) is 24.6 Å². The number of hydrogen-bond acceptors (Lipinski definition) is 3. The average Bonchev–Trinajstić information content (AvgIpc) is 2.60. The Bertz CT molecular complexity index is 518. The van der Waals surface area contributed by atoms with E-state index < -0.39 is 10.0 Å². The minimum Gasteiger partial charge on any atom is -0.266 e. The Balaban J connectivity index is 2.41. The number of aromatic nitrogens is 2. The van der Waals surface area contributed by atoms with Crippen LogP contribution in [-0.4, -0.2) is 29.0 Å². The fourth-order valence-corrected chi connectivity index (χ4v) is 3.14. The maximum Gasteiger partial charge on any atom is 0.236 e. The molecule has 0 spiro atoms. The predicted octanol–water partition coefficient (Wildman–Crippen LogP) is 1.04. The molecular formula is C10H15N3O2S. The highest BCUT2D eigenvalue weighted by Crippen LogP contribution is 2.28. The number of aryl methyl sites for hydroxylation is 1. The van der Waals surface area contributed by atoms with Gasteiger partial charge >= 0.3 is 0 Å². The average molecular weight is 241 g/mol. The summed E-state index contributed by atoms with van der Waals surface area (Å²) in [7, 11) is -3.35. The molecule has 1 atom stereocenters. The topological polar surface area (TPSA) is 55.2 Å². The molecule has 88 valence electrons. The summed E-state index contributed by atoms with van der Waals surface area (Å²) in [6, 6.07) is 1.74. The van der Waals surface area contributed by atoms with Crippen molar-refractivity contribution in [3.8, 4) is 0 Å². The van der Waals surface area contributed by atoms with Crippen molar-refractivity contribution in [1.82, 2.24) is 14.1 Å². The zero-order valence-corrected chi connectivity index (χ0v) is 10.2. The second-order valence-electron chi connectivity index (χ2n) is 3.93. The summed E-state index contributed by atoms with van der Waals surface area (Å²) in [6.07, 6.45) is 0. The molecule has 0 N–H and O–H groups in total. The first kappa shape index (κ1) is 11.3. The van der Waals surface area contributed by atoms with Crippen LogP contribution in [0.4, 0.5) is 0 Å². The number of rotatable bonds is 2. The van der Waals surface area contributed by atoms with Gasteiger partial charge in [0.2, 0.25) is 10.0 Å². The standard InChI is InChI=1S/C10H15N3O2S/c1-4-16(14,15)13-6-5-12-10(9(13)3)7-8(2)11-12/h4,7,9H,1,5-6H2,2-3H3. The summed E-state index contributed by atoms with van der Waals surface area (Å²) in [5.74, 6) is 0. The molecule has 1 aromatic rings. The van der Waals surface area contributed by atoms with E-state index in [9.17, 15) is 8.42 Å². The van der Waals surface area contributed by atoms with Crippen LogP contribution in [0.25, 0.3) is 0 Å². The maximum atomic E-state index is 11.8. The van der Waals surface area contributed by atoms with Gasteiger partial charge < -0.3 is 0 Å². The maximum absolute atomic E-state index is 11.8. The van der Waals surface area contributed by atoms with Crippen LogP contribution in [0.5, 0.6) is 0 Å². The Morgan fingerprint density at radius 2 is 2.25 bits per heavy atom. The third kappa shape index (κ3) is 1.68. The molecule has 6 heteroatoms. The third-order valence-electron chi connectivity index (χ3n) is 2.86. The van der Waals surface area contributed by atoms with Crippen molar-refractivity contribution < 1.29 is 8.42 Å². The van der Waals surface area contributed by atoms with Gasteiger partial charge in [0.25, 0.3) is 0 Å². The number of nitrogens with zero attached hydrogens (tertiary/aromatic N) is 3. The van der Waals surface area contributed by atoms with Crippen LogP contribution in [-0.2, 0) is 16.6 Å². The highest BCUT2D eigenvalue weighted by Gasteiger charge is 2.31. The normalized spacial score (nSPS) is 21.8. The van der Waals surface area contributed by atoms with Gasteiger partial charge in [-0.05, 0) is 19.9 Å². The van der Waals surface area contributed by atoms with Crippen LogP contribution in [0, 0.1) is 6.92 Å². The lowest BCUT2D eigenvalue weighted by Gasteiger charge is -2.31. The summed E-state index contributed by atoms with van der Waals surface area (Å²) < 4.78 is 26.8. The van der Waals surface area contributed by atoms with Crippen molar-refractivity contribution in [3.63, 3.8) is 0 Å². The molecule has 2 heterocycles. The van der Waals surface area contributed by atoms with Crippen molar-refractivity contribution in [3.05, 3.63) is 29.4 Å². The van der Waals surface area contributed by atoms with E-state index >= 15 is 0 Å². The Hall–Kier alpha value is -1.14. The lowest BCUT2D eigenvalue weighted by Crippen LogP contribution is -2.40. The molecule has 0 radical (unpaired) electrons. The van der Waals surface area contributed by atoms with E-state index in [1.165, 1.54) is 4.31 Å². The van der Waals surface area contributed by atoms with E-state index in [4.69, 9.17) is 0 Å². The largest absolute Gasteiger partial charge is 0.266 e. The number of fused-ring (bicyclic) bond motifs is 1. The second kappa shape index (κ2) is 3.71. The Morgan fingerprint density at radius 1 is 1.56 bits per heavy atom. The van der Waals surface area contributed by atoms with Crippen LogP contribution in [0.1, 0.15) is 24.4 Å². The highest BCUT2D eigenvalue weighted by atomic mass is 32.2. The molecule has 16 heavy (non-hydrogen) atoms. The molecule has 5 nitrogen and oxygen atoms in total. The van der Waals surface area contributed by atoms with Gasteiger partial charge in [-0.15, -0.1) is 0 Å². The predicted molar refractivity (Wildman–Crippen MR) is 61.2 cm³/mol. The van der Waals surface area contributed by atoms with Crippen molar-refractivity contribution >= 4 is 10.0 Å². The van der Waals surface area contributed by atoms with Crippen molar-refractivity contribution in [2.75, 3.05) is 6.54 Å². The van der Waals surface area contributed by atoms with Gasteiger partial charge in [0.05, 0.1) is 24.0 Å². The molecule has 0 aliphatic carbocycles. The monoisotopic (exact) mass is 241 g/mol. The molecule has 0 saturated heterocycles. The van der Waals surface area contributed by atoms with Crippen LogP contribution in [0.15, 0.2) is 18.1 Å². The Morgan fingerprint density at radius 3 is 2.88 bits per heavy atom. The van der Waals surface area contributed by atoms with Gasteiger partial charge in [-0.1, -0.05) is 6.58 Å². The van der Waals surface area contributed by atoms with E-state index in [0.717, 1.165) is 16.8 Å². The lowest BCUT2D eigenvalue weighted by molar-refractivity contribution is 0.273. The molecule has 1 unspecified atom stereocenters. The van der Waals surface area contributed by atoms with Crippen molar-refractivity contribution in [2.45, 2.75) is 26.4 Å². The van der Waals surface area contributed by atoms with E-state index in [-0.39, 0.29) is 6.04 Å². The fourth-order valence-electron chi connectivity index (χ4n) is 2.06. The summed E-state index contributed by atoms with van der Waals surface area (Å²) >= 11 is 0. The van der Waals surface area contributed by atoms with E-state index in [1.54, 1.807) is 0 Å². The van der Waals surface area contributed by atoms with Gasteiger partial charge in [0.15, 0.2) is 0 Å². The van der Waals surface area contributed by atoms with Crippen LogP contribution in [0.2, 0.25) is 0 Å². The van der Waals surface area contributed by atoms with Gasteiger partial charge in [-0.3, -0.25) is 4.68 Å². The summed E-state index contributed by atoms with van der Waals surface area (Å²) in [6.45, 7) is 8.17. The molecule has 1 aliphatic heterocycles. The molecule has 0 fully saturated rings. The Kier molecular flexibility index (Phi) is 2.63. The summed E-state index contributed by atoms with van der Waals surface area (Å²) in [4.78, 5) is 0. The first-order valence-corrected chi connectivity index (χ1v) is 6.64. The van der Waals surface area contributed by atoms with Crippen molar-refractivity contribution in [1.29, 1.82) is 0 Å². The molecule has 0 amide bonds. The van der Waals surface area contributed by atoms with Crippen molar-refractivity contribution in [2.24, 2.45) is 0 Å². The first-order valence-electron chi connectivity index (χ1n) is 5.14. The van der Waals surface area contributed by atoms with Crippen LogP contribution in [0.3, 0.4) is 0 Å². The van der Waals surface area contributed by atoms with E-state index in [2.05, 4.69) is 11.7 Å². The molecule has 0 aromatic carbocycles. The third-order valence-corrected chi connectivity index (χ3v) is 4.44. The second-order valence-corrected chi connectivity index (χ2v) is 5.76. The quantitative estimate of drug-likeness (QED) is 0.777. The zero-order chi connectivity index (χ0) is 11.9.